The molecule has 1 heterocycles. The smallest absolute Gasteiger partial charge is 0.118 e. The molecule has 0 unspecified atom stereocenters. The second kappa shape index (κ2) is 5.12. The van der Waals surface area contributed by atoms with Crippen molar-refractivity contribution in [2.24, 2.45) is 0 Å². The number of hydrogen-bond acceptors (Lipinski definition) is 3. The average molecular weight is 245 g/mol. The molecule has 1 aromatic carbocycles. The Morgan fingerprint density at radius 3 is 2.78 bits per heavy atom. The standard InChI is InChI=1S/C14H19N3O/c1-4-17-12(5-6-16-17)9-15-13-7-11(3)14(18)8-10(13)2/h5-8,15,18H,4,9H2,1-3H3. The van der Waals surface area contributed by atoms with Gasteiger partial charge in [0.15, 0.2) is 0 Å². The fraction of sp³-hybridized carbons (Fsp3) is 0.357. The fourth-order valence-corrected chi connectivity index (χ4v) is 1.97. The molecule has 0 spiro atoms. The minimum Gasteiger partial charge on any atom is -0.508 e. The van der Waals surface area contributed by atoms with Crippen molar-refractivity contribution in [2.75, 3.05) is 5.32 Å². The lowest BCUT2D eigenvalue weighted by molar-refractivity contribution is 0.471. The first-order valence-corrected chi connectivity index (χ1v) is 6.16. The van der Waals surface area contributed by atoms with Crippen molar-refractivity contribution in [3.8, 4) is 5.75 Å². The summed E-state index contributed by atoms with van der Waals surface area (Å²) in [4.78, 5) is 0. The number of benzene rings is 1. The van der Waals surface area contributed by atoms with Crippen molar-refractivity contribution < 1.29 is 5.11 Å². The number of aryl methyl sites for hydroxylation is 3. The predicted octanol–water partition coefficient (Wildman–Crippen LogP) is 2.84. The van der Waals surface area contributed by atoms with Gasteiger partial charge in [-0.25, -0.2) is 0 Å². The van der Waals surface area contributed by atoms with Crippen LogP contribution in [0.4, 0.5) is 5.69 Å². The van der Waals surface area contributed by atoms with Crippen LogP contribution in [0.1, 0.15) is 23.7 Å². The van der Waals surface area contributed by atoms with Gasteiger partial charge in [-0.3, -0.25) is 4.68 Å². The van der Waals surface area contributed by atoms with E-state index in [1.807, 2.05) is 36.9 Å². The topological polar surface area (TPSA) is 50.1 Å². The Morgan fingerprint density at radius 1 is 1.28 bits per heavy atom. The van der Waals surface area contributed by atoms with Gasteiger partial charge in [-0.2, -0.15) is 5.10 Å². The van der Waals surface area contributed by atoms with Crippen molar-refractivity contribution in [1.82, 2.24) is 9.78 Å². The van der Waals surface area contributed by atoms with Gasteiger partial charge in [0.1, 0.15) is 5.75 Å². The van der Waals surface area contributed by atoms with Gasteiger partial charge in [0.2, 0.25) is 0 Å². The van der Waals surface area contributed by atoms with E-state index in [0.717, 1.165) is 35.6 Å². The summed E-state index contributed by atoms with van der Waals surface area (Å²) in [5, 5.41) is 17.2. The van der Waals surface area contributed by atoms with Crippen LogP contribution in [0.15, 0.2) is 24.4 Å². The molecule has 2 aromatic rings. The third-order valence-corrected chi connectivity index (χ3v) is 3.11. The van der Waals surface area contributed by atoms with E-state index in [1.54, 1.807) is 6.07 Å². The fourth-order valence-electron chi connectivity index (χ4n) is 1.97. The third kappa shape index (κ3) is 2.47. The molecular weight excluding hydrogens is 226 g/mol. The Balaban J connectivity index is 2.13. The summed E-state index contributed by atoms with van der Waals surface area (Å²) in [6, 6.07) is 5.77. The summed E-state index contributed by atoms with van der Waals surface area (Å²) < 4.78 is 1.97. The Hall–Kier alpha value is -1.97. The molecule has 0 amide bonds. The van der Waals surface area contributed by atoms with Crippen molar-refractivity contribution in [2.45, 2.75) is 33.9 Å². The molecule has 2 rings (SSSR count). The highest BCUT2D eigenvalue weighted by Crippen LogP contribution is 2.25. The molecule has 0 saturated heterocycles. The van der Waals surface area contributed by atoms with Gasteiger partial charge in [0.05, 0.1) is 12.2 Å². The lowest BCUT2D eigenvalue weighted by atomic mass is 10.1. The number of nitrogens with zero attached hydrogens (tertiary/aromatic N) is 2. The maximum atomic E-state index is 9.62. The second-order valence-electron chi connectivity index (χ2n) is 4.45. The molecule has 0 bridgehead atoms. The summed E-state index contributed by atoms with van der Waals surface area (Å²) in [6.07, 6.45) is 1.81. The monoisotopic (exact) mass is 245 g/mol. The highest BCUT2D eigenvalue weighted by Gasteiger charge is 2.05. The number of anilines is 1. The Labute approximate surface area is 107 Å². The highest BCUT2D eigenvalue weighted by atomic mass is 16.3. The molecule has 1 aromatic heterocycles. The van der Waals surface area contributed by atoms with E-state index in [-0.39, 0.29) is 0 Å². The predicted molar refractivity (Wildman–Crippen MR) is 72.8 cm³/mol. The van der Waals surface area contributed by atoms with E-state index in [2.05, 4.69) is 17.3 Å². The van der Waals surface area contributed by atoms with Gasteiger partial charge in [-0.15, -0.1) is 0 Å². The van der Waals surface area contributed by atoms with E-state index in [0.29, 0.717) is 5.75 Å². The second-order valence-corrected chi connectivity index (χ2v) is 4.45. The summed E-state index contributed by atoms with van der Waals surface area (Å²) in [6.45, 7) is 7.57. The van der Waals surface area contributed by atoms with Gasteiger partial charge >= 0.3 is 0 Å². The van der Waals surface area contributed by atoms with Crippen molar-refractivity contribution in [1.29, 1.82) is 0 Å². The quantitative estimate of drug-likeness (QED) is 0.814. The third-order valence-electron chi connectivity index (χ3n) is 3.11. The van der Waals surface area contributed by atoms with Crippen LogP contribution in [0.5, 0.6) is 5.75 Å². The van der Waals surface area contributed by atoms with Gasteiger partial charge in [0.25, 0.3) is 0 Å². The van der Waals surface area contributed by atoms with Gasteiger partial charge in [-0.05, 0) is 50.1 Å². The Kier molecular flexibility index (Phi) is 3.55. The Morgan fingerprint density at radius 2 is 2.06 bits per heavy atom. The normalized spacial score (nSPS) is 10.6. The maximum absolute atomic E-state index is 9.62. The zero-order valence-corrected chi connectivity index (χ0v) is 11.1. The number of aromatic hydroxyl groups is 1. The van der Waals surface area contributed by atoms with Crippen LogP contribution in [-0.2, 0) is 13.1 Å². The molecule has 18 heavy (non-hydrogen) atoms. The SMILES string of the molecule is CCn1nccc1CNc1cc(C)c(O)cc1C. The van der Waals surface area contributed by atoms with Gasteiger partial charge in [-0.1, -0.05) is 0 Å². The zero-order chi connectivity index (χ0) is 13.1. The summed E-state index contributed by atoms with van der Waals surface area (Å²) in [7, 11) is 0. The molecule has 0 aliphatic rings. The molecule has 0 atom stereocenters. The lowest BCUT2D eigenvalue weighted by Gasteiger charge is -2.12. The maximum Gasteiger partial charge on any atom is 0.118 e. The molecule has 4 heteroatoms. The molecule has 0 fully saturated rings. The highest BCUT2D eigenvalue weighted by molar-refractivity contribution is 5.56. The largest absolute Gasteiger partial charge is 0.508 e. The van der Waals surface area contributed by atoms with Gasteiger partial charge < -0.3 is 10.4 Å². The van der Waals surface area contributed by atoms with E-state index in [4.69, 9.17) is 0 Å². The van der Waals surface area contributed by atoms with E-state index in [9.17, 15) is 5.11 Å². The summed E-state index contributed by atoms with van der Waals surface area (Å²) in [5.41, 5.74) is 4.13. The Bertz CT molecular complexity index is 546. The number of nitrogens with one attached hydrogen (secondary N) is 1. The zero-order valence-electron chi connectivity index (χ0n) is 11.1. The molecule has 0 radical (unpaired) electrons. The number of rotatable bonds is 4. The molecular formula is C14H19N3O. The molecule has 0 aliphatic carbocycles. The van der Waals surface area contributed by atoms with Crippen molar-refractivity contribution in [3.63, 3.8) is 0 Å². The molecule has 4 nitrogen and oxygen atoms in total. The van der Waals surface area contributed by atoms with Crippen LogP contribution in [-0.4, -0.2) is 14.9 Å². The lowest BCUT2D eigenvalue weighted by Crippen LogP contribution is -2.08. The molecule has 0 aliphatic heterocycles. The first-order valence-electron chi connectivity index (χ1n) is 6.16. The van der Waals surface area contributed by atoms with Crippen LogP contribution in [0, 0.1) is 13.8 Å². The van der Waals surface area contributed by atoms with Gasteiger partial charge in [0, 0.05) is 18.4 Å². The molecule has 0 saturated carbocycles. The van der Waals surface area contributed by atoms with E-state index < -0.39 is 0 Å². The number of phenolic OH excluding ortho intramolecular Hbond substituents is 1. The average Bonchev–Trinajstić information content (AvgIpc) is 2.79. The summed E-state index contributed by atoms with van der Waals surface area (Å²) in [5.74, 6) is 0.344. The van der Waals surface area contributed by atoms with E-state index in [1.165, 1.54) is 0 Å². The van der Waals surface area contributed by atoms with Crippen LogP contribution >= 0.6 is 0 Å². The van der Waals surface area contributed by atoms with Crippen LogP contribution in [0.2, 0.25) is 0 Å². The molecule has 96 valence electrons. The van der Waals surface area contributed by atoms with Crippen molar-refractivity contribution in [3.05, 3.63) is 41.2 Å². The number of aromatic nitrogens is 2. The van der Waals surface area contributed by atoms with Crippen LogP contribution < -0.4 is 5.32 Å². The first-order chi connectivity index (χ1) is 8.61. The van der Waals surface area contributed by atoms with Crippen LogP contribution in [0.25, 0.3) is 0 Å². The van der Waals surface area contributed by atoms with Crippen molar-refractivity contribution >= 4 is 5.69 Å². The first kappa shape index (κ1) is 12.5. The van der Waals surface area contributed by atoms with E-state index >= 15 is 0 Å². The number of hydrogen-bond donors (Lipinski definition) is 2. The molecule has 2 N–H and O–H groups in total. The minimum atomic E-state index is 0.344. The number of phenols is 1. The van der Waals surface area contributed by atoms with Crippen LogP contribution in [0.3, 0.4) is 0 Å². The minimum absolute atomic E-state index is 0.344. The summed E-state index contributed by atoms with van der Waals surface area (Å²) >= 11 is 0.